The topological polar surface area (TPSA) is 60.7 Å². The number of thiazole rings is 1. The second kappa shape index (κ2) is 8.24. The number of hydrogen-bond donors (Lipinski definition) is 0. The zero-order valence-electron chi connectivity index (χ0n) is 16.4. The summed E-state index contributed by atoms with van der Waals surface area (Å²) in [5.74, 6) is 1.74. The molecule has 1 aromatic carbocycles. The van der Waals surface area contributed by atoms with Crippen LogP contribution in [-0.4, -0.2) is 29.2 Å². The van der Waals surface area contributed by atoms with Crippen molar-refractivity contribution in [1.29, 1.82) is 0 Å². The maximum atomic E-state index is 13.3. The number of benzene rings is 1. The number of allylic oxidation sites excluding steroid dienone is 2. The van der Waals surface area contributed by atoms with Crippen LogP contribution in [0, 0.1) is 0 Å². The lowest BCUT2D eigenvalue weighted by atomic mass is 9.85. The Hall–Kier alpha value is -2.03. The molecule has 154 valence electrons. The fourth-order valence-electron chi connectivity index (χ4n) is 4.17. The van der Waals surface area contributed by atoms with Crippen molar-refractivity contribution in [2.24, 2.45) is 4.99 Å². The predicted octanol–water partition coefficient (Wildman–Crippen LogP) is 3.22. The van der Waals surface area contributed by atoms with Crippen LogP contribution in [0.2, 0.25) is 0 Å². The van der Waals surface area contributed by atoms with E-state index >= 15 is 0 Å². The smallest absolute Gasteiger partial charge is 0.332 e. The number of hydrogen-bond acceptors (Lipinski definition) is 7. The number of fused-ring (bicyclic) bond motifs is 1. The fraction of sp³-hybridized carbons (Fsp3) is 0.318. The molecule has 8 heteroatoms. The highest BCUT2D eigenvalue weighted by Crippen LogP contribution is 2.47. The maximum Gasteiger partial charge on any atom is 0.332 e. The lowest BCUT2D eigenvalue weighted by Gasteiger charge is -2.31. The number of ether oxygens (including phenoxy) is 1. The Balaban J connectivity index is 1.79. The third kappa shape index (κ3) is 3.40. The SMILES string of the molecule is COC(=O)/C=c1\sc2n(c1=O)[C@H](c1ccccc1)C1=C(N=2)C(=C2SCCS2)CCC1. The predicted molar refractivity (Wildman–Crippen MR) is 123 cm³/mol. The molecule has 5 nitrogen and oxygen atoms in total. The molecule has 2 aliphatic heterocycles. The lowest BCUT2D eigenvalue weighted by molar-refractivity contribution is -0.133. The van der Waals surface area contributed by atoms with E-state index in [2.05, 4.69) is 12.1 Å². The number of carbonyl (C=O) groups excluding carboxylic acids is 1. The summed E-state index contributed by atoms with van der Waals surface area (Å²) in [6.45, 7) is 0. The van der Waals surface area contributed by atoms with Crippen molar-refractivity contribution in [3.63, 3.8) is 0 Å². The van der Waals surface area contributed by atoms with Crippen LogP contribution in [0.25, 0.3) is 6.08 Å². The average molecular weight is 457 g/mol. The fourth-order valence-corrected chi connectivity index (χ4v) is 7.75. The Kier molecular flexibility index (Phi) is 5.47. The molecule has 1 aromatic heterocycles. The number of thioether (sulfide) groups is 2. The molecule has 1 atom stereocenters. The molecule has 0 amide bonds. The van der Waals surface area contributed by atoms with Crippen LogP contribution in [0.3, 0.4) is 0 Å². The Labute approximate surface area is 186 Å². The van der Waals surface area contributed by atoms with E-state index < -0.39 is 5.97 Å². The highest BCUT2D eigenvalue weighted by molar-refractivity contribution is 8.25. The van der Waals surface area contributed by atoms with Crippen molar-refractivity contribution in [3.8, 4) is 0 Å². The Morgan fingerprint density at radius 3 is 2.70 bits per heavy atom. The van der Waals surface area contributed by atoms with Crippen LogP contribution >= 0.6 is 34.9 Å². The largest absolute Gasteiger partial charge is 0.466 e. The molecule has 30 heavy (non-hydrogen) atoms. The van der Waals surface area contributed by atoms with Gasteiger partial charge in [-0.3, -0.25) is 9.36 Å². The second-order valence-electron chi connectivity index (χ2n) is 7.21. The van der Waals surface area contributed by atoms with Gasteiger partial charge in [-0.1, -0.05) is 41.7 Å². The van der Waals surface area contributed by atoms with Gasteiger partial charge in [-0.2, -0.15) is 0 Å². The van der Waals surface area contributed by atoms with Gasteiger partial charge in [0.15, 0.2) is 4.80 Å². The molecule has 2 aromatic rings. The van der Waals surface area contributed by atoms with E-state index in [9.17, 15) is 9.59 Å². The van der Waals surface area contributed by atoms with Gasteiger partial charge in [0.05, 0.1) is 18.8 Å². The van der Waals surface area contributed by atoms with E-state index in [0.29, 0.717) is 9.33 Å². The number of carbonyl (C=O) groups is 1. The van der Waals surface area contributed by atoms with Crippen molar-refractivity contribution < 1.29 is 9.53 Å². The molecule has 1 aliphatic carbocycles. The van der Waals surface area contributed by atoms with Crippen molar-refractivity contribution in [1.82, 2.24) is 4.57 Å². The monoisotopic (exact) mass is 456 g/mol. The van der Waals surface area contributed by atoms with E-state index in [1.165, 1.54) is 39.9 Å². The van der Waals surface area contributed by atoms with E-state index in [4.69, 9.17) is 9.73 Å². The zero-order chi connectivity index (χ0) is 20.7. The summed E-state index contributed by atoms with van der Waals surface area (Å²) in [5, 5.41) is 0. The summed E-state index contributed by atoms with van der Waals surface area (Å²) < 4.78 is 8.24. The summed E-state index contributed by atoms with van der Waals surface area (Å²) in [4.78, 5) is 30.7. The van der Waals surface area contributed by atoms with Crippen LogP contribution in [0.5, 0.6) is 0 Å². The van der Waals surface area contributed by atoms with Gasteiger partial charge in [-0.15, -0.1) is 23.5 Å². The summed E-state index contributed by atoms with van der Waals surface area (Å²) in [5.41, 5.74) is 4.48. The number of esters is 1. The summed E-state index contributed by atoms with van der Waals surface area (Å²) in [7, 11) is 1.32. The third-order valence-corrected chi connectivity index (χ3v) is 9.24. The molecule has 0 bridgehead atoms. The second-order valence-corrected chi connectivity index (χ2v) is 10.7. The highest BCUT2D eigenvalue weighted by Gasteiger charge is 2.33. The van der Waals surface area contributed by atoms with Crippen LogP contribution in [0.1, 0.15) is 30.9 Å². The summed E-state index contributed by atoms with van der Waals surface area (Å²) >= 11 is 5.10. The average Bonchev–Trinajstić information content (AvgIpc) is 3.41. The molecule has 5 rings (SSSR count). The third-order valence-electron chi connectivity index (χ3n) is 5.46. The molecule has 0 radical (unpaired) electrons. The molecule has 0 saturated carbocycles. The van der Waals surface area contributed by atoms with Gasteiger partial charge in [-0.25, -0.2) is 9.79 Å². The van der Waals surface area contributed by atoms with Crippen LogP contribution < -0.4 is 14.9 Å². The number of rotatable bonds is 2. The van der Waals surface area contributed by atoms with Crippen molar-refractivity contribution in [2.75, 3.05) is 18.6 Å². The van der Waals surface area contributed by atoms with Crippen LogP contribution in [0.4, 0.5) is 0 Å². The van der Waals surface area contributed by atoms with Gasteiger partial charge < -0.3 is 4.74 Å². The molecule has 3 aliphatic rings. The molecule has 3 heterocycles. The number of methoxy groups -OCH3 is 1. The van der Waals surface area contributed by atoms with Crippen molar-refractivity contribution in [3.05, 3.63) is 76.7 Å². The molecular weight excluding hydrogens is 436 g/mol. The van der Waals surface area contributed by atoms with Crippen LogP contribution in [-0.2, 0) is 9.53 Å². The first kappa shape index (κ1) is 19.9. The first-order chi connectivity index (χ1) is 14.7. The highest BCUT2D eigenvalue weighted by atomic mass is 32.2. The minimum absolute atomic E-state index is 0.186. The van der Waals surface area contributed by atoms with Gasteiger partial charge >= 0.3 is 5.97 Å². The minimum atomic E-state index is -0.526. The lowest BCUT2D eigenvalue weighted by Crippen LogP contribution is -2.39. The molecular formula is C22H20N2O3S3. The quantitative estimate of drug-likeness (QED) is 0.650. The summed E-state index contributed by atoms with van der Waals surface area (Å²) in [6.07, 6.45) is 4.28. The first-order valence-electron chi connectivity index (χ1n) is 9.84. The van der Waals surface area contributed by atoms with E-state index in [1.807, 2.05) is 41.7 Å². The Morgan fingerprint density at radius 1 is 1.20 bits per heavy atom. The van der Waals surface area contributed by atoms with Crippen molar-refractivity contribution >= 4 is 46.9 Å². The van der Waals surface area contributed by atoms with Gasteiger partial charge in [0.25, 0.3) is 5.56 Å². The van der Waals surface area contributed by atoms with Gasteiger partial charge in [-0.05, 0) is 36.0 Å². The zero-order valence-corrected chi connectivity index (χ0v) is 18.9. The normalized spacial score (nSPS) is 21.4. The first-order valence-corrected chi connectivity index (χ1v) is 12.6. The molecule has 0 spiro atoms. The summed E-state index contributed by atoms with van der Waals surface area (Å²) in [6, 6.07) is 9.94. The molecule has 1 fully saturated rings. The van der Waals surface area contributed by atoms with Gasteiger partial charge in [0.1, 0.15) is 4.53 Å². The Morgan fingerprint density at radius 2 is 1.97 bits per heavy atom. The van der Waals surface area contributed by atoms with Gasteiger partial charge in [0, 0.05) is 21.8 Å². The molecule has 0 N–H and O–H groups in total. The molecule has 0 unspecified atom stereocenters. The molecule has 1 saturated heterocycles. The van der Waals surface area contributed by atoms with Crippen molar-refractivity contribution in [2.45, 2.75) is 25.3 Å². The standard InChI is InChI=1S/C22H20N2O3S3/c1-27-17(25)12-16-20(26)24-19(13-6-3-2-4-7-13)14-8-5-9-15(21-28-10-11-29-21)18(14)23-22(24)30-16/h2-4,6-7,12,19H,5,8-11H2,1H3/b16-12-/t19-/m1/s1. The van der Waals surface area contributed by atoms with E-state index in [1.54, 1.807) is 4.57 Å². The van der Waals surface area contributed by atoms with E-state index in [-0.39, 0.29) is 11.6 Å². The van der Waals surface area contributed by atoms with Crippen LogP contribution in [0.15, 0.2) is 61.2 Å². The maximum absolute atomic E-state index is 13.3. The minimum Gasteiger partial charge on any atom is -0.466 e. The number of nitrogens with zero attached hydrogens (tertiary/aromatic N) is 2. The van der Waals surface area contributed by atoms with Gasteiger partial charge in [0.2, 0.25) is 0 Å². The Bertz CT molecular complexity index is 1250. The van der Waals surface area contributed by atoms with E-state index in [0.717, 1.165) is 42.0 Å². The number of aromatic nitrogens is 1.